The molecule has 3 rings (SSSR count). The molecule has 3 heterocycles. The molecule has 0 unspecified atom stereocenters. The Bertz CT molecular complexity index is 861. The molecule has 23 heavy (non-hydrogen) atoms. The SMILES string of the molecule is Cc1ccc(CNCc2cc(-c3cccs3)n(C)n2)c(=O)n1C. The van der Waals surface area contributed by atoms with Gasteiger partial charge in [-0.25, -0.2) is 0 Å². The van der Waals surface area contributed by atoms with Gasteiger partial charge in [0.1, 0.15) is 0 Å². The van der Waals surface area contributed by atoms with Gasteiger partial charge in [-0.05, 0) is 30.5 Å². The van der Waals surface area contributed by atoms with Crippen LogP contribution < -0.4 is 10.9 Å². The summed E-state index contributed by atoms with van der Waals surface area (Å²) >= 11 is 1.70. The van der Waals surface area contributed by atoms with Crippen molar-refractivity contribution >= 4 is 11.3 Å². The first-order chi connectivity index (χ1) is 11.1. The van der Waals surface area contributed by atoms with Gasteiger partial charge in [-0.1, -0.05) is 12.1 Å². The molecule has 120 valence electrons. The van der Waals surface area contributed by atoms with Crippen LogP contribution in [0.3, 0.4) is 0 Å². The maximum absolute atomic E-state index is 12.2. The molecular formula is C17H20N4OS. The third-order valence-corrected chi connectivity index (χ3v) is 4.85. The average molecular weight is 328 g/mol. The maximum atomic E-state index is 12.2. The lowest BCUT2D eigenvalue weighted by atomic mass is 10.2. The monoisotopic (exact) mass is 328 g/mol. The Morgan fingerprint density at radius 1 is 1.22 bits per heavy atom. The summed E-state index contributed by atoms with van der Waals surface area (Å²) in [6, 6.07) is 10.1. The molecule has 0 fully saturated rings. The van der Waals surface area contributed by atoms with E-state index >= 15 is 0 Å². The van der Waals surface area contributed by atoms with Crippen molar-refractivity contribution < 1.29 is 0 Å². The summed E-state index contributed by atoms with van der Waals surface area (Å²) in [5.41, 5.74) is 3.87. The van der Waals surface area contributed by atoms with Crippen molar-refractivity contribution in [3.05, 3.63) is 63.0 Å². The molecule has 0 aliphatic carbocycles. The van der Waals surface area contributed by atoms with Crippen LogP contribution in [-0.4, -0.2) is 14.3 Å². The van der Waals surface area contributed by atoms with Crippen LogP contribution in [0.5, 0.6) is 0 Å². The average Bonchev–Trinajstić information content (AvgIpc) is 3.17. The molecule has 0 spiro atoms. The first-order valence-electron chi connectivity index (χ1n) is 7.49. The lowest BCUT2D eigenvalue weighted by Crippen LogP contribution is -2.26. The third-order valence-electron chi connectivity index (χ3n) is 3.96. The highest BCUT2D eigenvalue weighted by atomic mass is 32.1. The molecule has 0 radical (unpaired) electrons. The van der Waals surface area contributed by atoms with E-state index in [4.69, 9.17) is 0 Å². The maximum Gasteiger partial charge on any atom is 0.254 e. The zero-order valence-corrected chi connectivity index (χ0v) is 14.4. The van der Waals surface area contributed by atoms with Crippen LogP contribution in [0.15, 0.2) is 40.5 Å². The van der Waals surface area contributed by atoms with Crippen molar-refractivity contribution in [1.82, 2.24) is 19.7 Å². The fourth-order valence-electron chi connectivity index (χ4n) is 2.51. The van der Waals surface area contributed by atoms with Crippen molar-refractivity contribution in [3.8, 4) is 10.6 Å². The van der Waals surface area contributed by atoms with Crippen LogP contribution in [0.2, 0.25) is 0 Å². The van der Waals surface area contributed by atoms with Gasteiger partial charge in [-0.3, -0.25) is 9.48 Å². The largest absolute Gasteiger partial charge is 0.316 e. The standard InChI is InChI=1S/C17H20N4OS/c1-12-6-7-13(17(22)20(12)2)10-18-11-14-9-15(21(3)19-14)16-5-4-8-23-16/h4-9,18H,10-11H2,1-3H3. The van der Waals surface area contributed by atoms with Crippen LogP contribution in [0.4, 0.5) is 0 Å². The smallest absolute Gasteiger partial charge is 0.254 e. The summed E-state index contributed by atoms with van der Waals surface area (Å²) < 4.78 is 3.57. The molecule has 5 nitrogen and oxygen atoms in total. The molecular weight excluding hydrogens is 308 g/mol. The normalized spacial score (nSPS) is 11.1. The third kappa shape index (κ3) is 3.28. The molecule has 0 saturated carbocycles. The summed E-state index contributed by atoms with van der Waals surface area (Å²) in [7, 11) is 3.75. The van der Waals surface area contributed by atoms with E-state index in [1.54, 1.807) is 23.0 Å². The minimum atomic E-state index is 0.0535. The van der Waals surface area contributed by atoms with Crippen LogP contribution in [0.1, 0.15) is 17.0 Å². The number of nitrogens with one attached hydrogen (secondary N) is 1. The van der Waals surface area contributed by atoms with Gasteiger partial charge in [0.05, 0.1) is 16.3 Å². The predicted octanol–water partition coefficient (Wildman–Crippen LogP) is 2.45. The van der Waals surface area contributed by atoms with E-state index in [2.05, 4.69) is 27.9 Å². The van der Waals surface area contributed by atoms with Crippen LogP contribution in [-0.2, 0) is 27.2 Å². The van der Waals surface area contributed by atoms with Gasteiger partial charge < -0.3 is 9.88 Å². The van der Waals surface area contributed by atoms with Crippen LogP contribution in [0, 0.1) is 6.92 Å². The quantitative estimate of drug-likeness (QED) is 0.783. The zero-order valence-electron chi connectivity index (χ0n) is 13.5. The Hall–Kier alpha value is -2.18. The summed E-state index contributed by atoms with van der Waals surface area (Å²) in [4.78, 5) is 13.4. The van der Waals surface area contributed by atoms with Crippen LogP contribution >= 0.6 is 11.3 Å². The van der Waals surface area contributed by atoms with Gasteiger partial charge in [-0.15, -0.1) is 11.3 Å². The van der Waals surface area contributed by atoms with Gasteiger partial charge in [-0.2, -0.15) is 5.10 Å². The molecule has 1 N–H and O–H groups in total. The molecule has 3 aromatic heterocycles. The zero-order chi connectivity index (χ0) is 16.4. The van der Waals surface area contributed by atoms with E-state index in [9.17, 15) is 4.79 Å². The Morgan fingerprint density at radius 3 is 2.78 bits per heavy atom. The molecule has 0 aromatic carbocycles. The molecule has 0 aliphatic heterocycles. The molecule has 0 aliphatic rings. The lowest BCUT2D eigenvalue weighted by Gasteiger charge is -2.07. The van der Waals surface area contributed by atoms with Crippen molar-refractivity contribution in [2.24, 2.45) is 14.1 Å². The van der Waals surface area contributed by atoms with Gasteiger partial charge in [0.25, 0.3) is 5.56 Å². The summed E-state index contributed by atoms with van der Waals surface area (Å²) in [5.74, 6) is 0. The van der Waals surface area contributed by atoms with E-state index in [1.807, 2.05) is 36.9 Å². The summed E-state index contributed by atoms with van der Waals surface area (Å²) in [6.45, 7) is 3.10. The van der Waals surface area contributed by atoms with E-state index in [0.29, 0.717) is 13.1 Å². The fourth-order valence-corrected chi connectivity index (χ4v) is 3.28. The number of aromatic nitrogens is 3. The molecule has 0 atom stereocenters. The summed E-state index contributed by atoms with van der Waals surface area (Å²) in [5, 5.41) is 9.90. The second-order valence-corrected chi connectivity index (χ2v) is 6.54. The fraction of sp³-hybridized carbons (Fsp3) is 0.294. The Balaban J connectivity index is 1.67. The van der Waals surface area contributed by atoms with E-state index in [1.165, 1.54) is 4.88 Å². The van der Waals surface area contributed by atoms with E-state index in [-0.39, 0.29) is 5.56 Å². The number of hydrogen-bond donors (Lipinski definition) is 1. The number of nitrogens with zero attached hydrogens (tertiary/aromatic N) is 3. The molecule has 0 amide bonds. The molecule has 3 aromatic rings. The highest BCUT2D eigenvalue weighted by Gasteiger charge is 2.09. The van der Waals surface area contributed by atoms with Gasteiger partial charge >= 0.3 is 0 Å². The highest BCUT2D eigenvalue weighted by Crippen LogP contribution is 2.24. The number of pyridine rings is 1. The van der Waals surface area contributed by atoms with Crippen molar-refractivity contribution in [3.63, 3.8) is 0 Å². The number of aryl methyl sites for hydroxylation is 2. The minimum absolute atomic E-state index is 0.0535. The first kappa shape index (κ1) is 15.7. The van der Waals surface area contributed by atoms with Gasteiger partial charge in [0, 0.05) is 38.4 Å². The number of hydrogen-bond acceptors (Lipinski definition) is 4. The Kier molecular flexibility index (Phi) is 4.45. The van der Waals surface area contributed by atoms with Crippen molar-refractivity contribution in [2.45, 2.75) is 20.0 Å². The van der Waals surface area contributed by atoms with Crippen molar-refractivity contribution in [1.29, 1.82) is 0 Å². The van der Waals surface area contributed by atoms with E-state index < -0.39 is 0 Å². The predicted molar refractivity (Wildman–Crippen MR) is 93.5 cm³/mol. The minimum Gasteiger partial charge on any atom is -0.316 e. The number of rotatable bonds is 5. The van der Waals surface area contributed by atoms with E-state index in [0.717, 1.165) is 22.6 Å². The Labute approximate surface area is 139 Å². The first-order valence-corrected chi connectivity index (χ1v) is 8.37. The molecule has 0 bridgehead atoms. The summed E-state index contributed by atoms with van der Waals surface area (Å²) in [6.07, 6.45) is 0. The second kappa shape index (κ2) is 6.52. The second-order valence-electron chi connectivity index (χ2n) is 5.59. The molecule has 6 heteroatoms. The lowest BCUT2D eigenvalue weighted by molar-refractivity contribution is 0.647. The van der Waals surface area contributed by atoms with Crippen molar-refractivity contribution in [2.75, 3.05) is 0 Å². The molecule has 0 saturated heterocycles. The Morgan fingerprint density at radius 2 is 2.04 bits per heavy atom. The highest BCUT2D eigenvalue weighted by molar-refractivity contribution is 7.13. The van der Waals surface area contributed by atoms with Gasteiger partial charge in [0.15, 0.2) is 0 Å². The number of thiophene rings is 1. The topological polar surface area (TPSA) is 51.9 Å². The van der Waals surface area contributed by atoms with Gasteiger partial charge in [0.2, 0.25) is 0 Å². The van der Waals surface area contributed by atoms with Crippen LogP contribution in [0.25, 0.3) is 10.6 Å².